The summed E-state index contributed by atoms with van der Waals surface area (Å²) in [6, 6.07) is 1.62. The summed E-state index contributed by atoms with van der Waals surface area (Å²) in [4.78, 5) is 2.60. The Bertz CT molecular complexity index is 345. The highest BCUT2D eigenvalue weighted by atomic mass is 15.1. The summed E-state index contributed by atoms with van der Waals surface area (Å²) in [5, 5.41) is 3.92. The summed E-state index contributed by atoms with van der Waals surface area (Å²) < 4.78 is 0. The van der Waals surface area contributed by atoms with Crippen LogP contribution in [0.3, 0.4) is 0 Å². The Hall–Kier alpha value is -0.0800. The van der Waals surface area contributed by atoms with E-state index in [0.29, 0.717) is 10.8 Å². The lowest BCUT2D eigenvalue weighted by Crippen LogP contribution is -2.47. The van der Waals surface area contributed by atoms with Crippen LogP contribution < -0.4 is 5.32 Å². The van der Waals surface area contributed by atoms with Crippen molar-refractivity contribution in [3.63, 3.8) is 0 Å². The minimum Gasteiger partial charge on any atom is -0.312 e. The fourth-order valence-electron chi connectivity index (χ4n) is 5.46. The lowest BCUT2D eigenvalue weighted by atomic mass is 9.69. The van der Waals surface area contributed by atoms with Gasteiger partial charge in [-0.15, -0.1) is 0 Å². The zero-order valence-electron chi connectivity index (χ0n) is 14.0. The topological polar surface area (TPSA) is 15.3 Å². The molecule has 1 N–H and O–H groups in total. The summed E-state index contributed by atoms with van der Waals surface area (Å²) in [6.07, 6.45) is 10.0. The summed E-state index contributed by atoms with van der Waals surface area (Å²) in [6.45, 7) is 9.96. The van der Waals surface area contributed by atoms with E-state index in [1.165, 1.54) is 58.0 Å². The summed E-state index contributed by atoms with van der Waals surface area (Å²) >= 11 is 0. The van der Waals surface area contributed by atoms with Crippen molar-refractivity contribution in [2.24, 2.45) is 16.7 Å². The van der Waals surface area contributed by atoms with Crippen molar-refractivity contribution >= 4 is 0 Å². The van der Waals surface area contributed by atoms with Gasteiger partial charge < -0.3 is 10.2 Å². The number of fused-ring (bicyclic) bond motifs is 2. The van der Waals surface area contributed by atoms with Gasteiger partial charge in [0.1, 0.15) is 0 Å². The van der Waals surface area contributed by atoms with Gasteiger partial charge in [0.2, 0.25) is 0 Å². The first kappa shape index (κ1) is 14.8. The van der Waals surface area contributed by atoms with Gasteiger partial charge in [-0.1, -0.05) is 33.6 Å². The lowest BCUT2D eigenvalue weighted by molar-refractivity contribution is 0.118. The van der Waals surface area contributed by atoms with Gasteiger partial charge in [-0.25, -0.2) is 0 Å². The Morgan fingerprint density at radius 3 is 2.35 bits per heavy atom. The molecule has 2 nitrogen and oxygen atoms in total. The van der Waals surface area contributed by atoms with Crippen molar-refractivity contribution in [3.05, 3.63) is 0 Å². The molecule has 116 valence electrons. The van der Waals surface area contributed by atoms with E-state index in [4.69, 9.17) is 0 Å². The zero-order valence-corrected chi connectivity index (χ0v) is 14.0. The van der Waals surface area contributed by atoms with E-state index in [0.717, 1.165) is 18.0 Å². The van der Waals surface area contributed by atoms with Gasteiger partial charge >= 0.3 is 0 Å². The van der Waals surface area contributed by atoms with Crippen molar-refractivity contribution in [3.8, 4) is 0 Å². The van der Waals surface area contributed by atoms with E-state index >= 15 is 0 Å². The fraction of sp³-hybridized carbons (Fsp3) is 1.00. The number of nitrogens with zero attached hydrogens (tertiary/aromatic N) is 1. The first-order valence-electron chi connectivity index (χ1n) is 8.89. The maximum atomic E-state index is 3.92. The molecule has 0 amide bonds. The second-order valence-corrected chi connectivity index (χ2v) is 8.54. The van der Waals surface area contributed by atoms with Gasteiger partial charge in [-0.3, -0.25) is 0 Å². The van der Waals surface area contributed by atoms with Gasteiger partial charge in [-0.2, -0.15) is 0 Å². The molecule has 3 unspecified atom stereocenters. The second kappa shape index (κ2) is 5.28. The SMILES string of the molecule is CN(CCNC1CC2CCC1(C)C2(C)C)C1CCCC1. The van der Waals surface area contributed by atoms with Crippen molar-refractivity contribution in [1.82, 2.24) is 10.2 Å². The first-order chi connectivity index (χ1) is 9.45. The maximum absolute atomic E-state index is 3.92. The second-order valence-electron chi connectivity index (χ2n) is 8.54. The Kier molecular flexibility index (Phi) is 3.92. The highest BCUT2D eigenvalue weighted by Crippen LogP contribution is 2.65. The summed E-state index contributed by atoms with van der Waals surface area (Å²) in [7, 11) is 2.32. The van der Waals surface area contributed by atoms with Crippen molar-refractivity contribution < 1.29 is 0 Å². The van der Waals surface area contributed by atoms with Crippen molar-refractivity contribution in [2.45, 2.75) is 77.8 Å². The van der Waals surface area contributed by atoms with Gasteiger partial charge in [0.15, 0.2) is 0 Å². The molecule has 3 aliphatic rings. The van der Waals surface area contributed by atoms with E-state index in [2.05, 4.69) is 38.0 Å². The molecule has 0 aromatic carbocycles. The molecule has 0 radical (unpaired) electrons. The molecule has 3 rings (SSSR count). The average Bonchev–Trinajstić information content (AvgIpc) is 3.04. The van der Waals surface area contributed by atoms with Crippen LogP contribution >= 0.6 is 0 Å². The predicted molar refractivity (Wildman–Crippen MR) is 85.9 cm³/mol. The average molecular weight is 278 g/mol. The molecule has 20 heavy (non-hydrogen) atoms. The van der Waals surface area contributed by atoms with Crippen molar-refractivity contribution in [1.29, 1.82) is 0 Å². The fourth-order valence-corrected chi connectivity index (χ4v) is 5.46. The van der Waals surface area contributed by atoms with Gasteiger partial charge in [0.05, 0.1) is 0 Å². The number of rotatable bonds is 5. The van der Waals surface area contributed by atoms with Crippen LogP contribution in [0.2, 0.25) is 0 Å². The quantitative estimate of drug-likeness (QED) is 0.825. The van der Waals surface area contributed by atoms with Crippen LogP contribution in [-0.4, -0.2) is 37.1 Å². The number of nitrogens with one attached hydrogen (secondary N) is 1. The minimum absolute atomic E-state index is 0.531. The third-order valence-electron chi connectivity index (χ3n) is 7.60. The molecule has 0 aromatic rings. The van der Waals surface area contributed by atoms with Crippen LogP contribution in [-0.2, 0) is 0 Å². The monoisotopic (exact) mass is 278 g/mol. The predicted octanol–water partition coefficient (Wildman–Crippen LogP) is 3.67. The zero-order chi connectivity index (χ0) is 14.4. The molecule has 0 aromatic heterocycles. The molecule has 0 heterocycles. The van der Waals surface area contributed by atoms with E-state index in [-0.39, 0.29) is 0 Å². The Labute approximate surface area is 125 Å². The molecule has 3 atom stereocenters. The number of likely N-dealkylation sites (N-methyl/N-ethyl adjacent to an activating group) is 1. The molecular weight excluding hydrogens is 244 g/mol. The smallest absolute Gasteiger partial charge is 0.0129 e. The Morgan fingerprint density at radius 1 is 1.10 bits per heavy atom. The van der Waals surface area contributed by atoms with E-state index in [1.54, 1.807) is 0 Å². The van der Waals surface area contributed by atoms with Crippen LogP contribution in [0.5, 0.6) is 0 Å². The third-order valence-corrected chi connectivity index (χ3v) is 7.60. The molecule has 0 aliphatic heterocycles. The van der Waals surface area contributed by atoms with Crippen LogP contribution in [0.4, 0.5) is 0 Å². The first-order valence-corrected chi connectivity index (χ1v) is 8.89. The summed E-state index contributed by atoms with van der Waals surface area (Å²) in [5.74, 6) is 0.956. The molecule has 2 bridgehead atoms. The van der Waals surface area contributed by atoms with E-state index in [9.17, 15) is 0 Å². The molecule has 3 aliphatic carbocycles. The number of hydrogen-bond donors (Lipinski definition) is 1. The lowest BCUT2D eigenvalue weighted by Gasteiger charge is -2.40. The Balaban J connectivity index is 1.48. The molecule has 3 saturated carbocycles. The molecule has 2 heteroatoms. The van der Waals surface area contributed by atoms with Gasteiger partial charge in [0, 0.05) is 25.2 Å². The largest absolute Gasteiger partial charge is 0.312 e. The van der Waals surface area contributed by atoms with E-state index in [1.807, 2.05) is 0 Å². The van der Waals surface area contributed by atoms with Crippen LogP contribution in [0, 0.1) is 16.7 Å². The van der Waals surface area contributed by atoms with Crippen molar-refractivity contribution in [2.75, 3.05) is 20.1 Å². The highest BCUT2D eigenvalue weighted by molar-refractivity contribution is 5.12. The normalized spacial score (nSPS) is 40.0. The number of hydrogen-bond acceptors (Lipinski definition) is 2. The molecular formula is C18H34N2. The third kappa shape index (κ3) is 2.23. The van der Waals surface area contributed by atoms with E-state index < -0.39 is 0 Å². The van der Waals surface area contributed by atoms with Crippen LogP contribution in [0.15, 0.2) is 0 Å². The molecule has 3 fully saturated rings. The van der Waals surface area contributed by atoms with Crippen LogP contribution in [0.1, 0.15) is 65.7 Å². The minimum atomic E-state index is 0.531. The summed E-state index contributed by atoms with van der Waals surface area (Å²) in [5.41, 5.74) is 1.08. The molecule has 0 saturated heterocycles. The maximum Gasteiger partial charge on any atom is 0.0129 e. The van der Waals surface area contributed by atoms with Gasteiger partial charge in [-0.05, 0) is 55.9 Å². The highest BCUT2D eigenvalue weighted by Gasteiger charge is 2.60. The van der Waals surface area contributed by atoms with Crippen LogP contribution in [0.25, 0.3) is 0 Å². The Morgan fingerprint density at radius 2 is 1.80 bits per heavy atom. The van der Waals surface area contributed by atoms with Gasteiger partial charge in [0.25, 0.3) is 0 Å². The molecule has 0 spiro atoms. The standard InChI is InChI=1S/C18H34N2/c1-17(2)14-9-10-18(17,3)16(13-14)19-11-12-20(4)15-7-5-6-8-15/h14-16,19H,5-13H2,1-4H3.